The minimum atomic E-state index is -1.68. The Hall–Kier alpha value is -2.84. The lowest BCUT2D eigenvalue weighted by atomic mass is 9.75. The molecule has 0 aliphatic heterocycles. The number of amides is 2. The van der Waals surface area contributed by atoms with Crippen LogP contribution < -0.4 is 15.4 Å². The fourth-order valence-electron chi connectivity index (χ4n) is 4.48. The third kappa shape index (κ3) is 7.08. The number of ether oxygens (including phenoxy) is 1. The van der Waals surface area contributed by atoms with E-state index in [4.69, 9.17) is 4.74 Å². The number of nitrogens with one attached hydrogen (secondary N) is 2. The first-order chi connectivity index (χ1) is 16.3. The van der Waals surface area contributed by atoms with Crippen LogP contribution in [0, 0.1) is 11.8 Å². The van der Waals surface area contributed by atoms with Gasteiger partial charge in [-0.3, -0.25) is 9.59 Å². The molecule has 4 N–H and O–H groups in total. The molecule has 0 aromatic heterocycles. The van der Waals surface area contributed by atoms with E-state index in [-0.39, 0.29) is 17.7 Å². The van der Waals surface area contributed by atoms with E-state index in [1.165, 1.54) is 5.56 Å². The first-order valence-electron chi connectivity index (χ1n) is 11.9. The highest BCUT2D eigenvalue weighted by atomic mass is 16.5. The van der Waals surface area contributed by atoms with Gasteiger partial charge in [-0.05, 0) is 60.4 Å². The number of carbonyl (C=O) groups is 2. The lowest BCUT2D eigenvalue weighted by Crippen LogP contribution is -2.55. The molecule has 0 saturated heterocycles. The van der Waals surface area contributed by atoms with Crippen molar-refractivity contribution < 1.29 is 24.4 Å². The first kappa shape index (κ1) is 25.8. The maximum absolute atomic E-state index is 13.2. The van der Waals surface area contributed by atoms with Gasteiger partial charge in [0.05, 0.1) is 13.1 Å². The summed E-state index contributed by atoms with van der Waals surface area (Å²) in [7, 11) is -0.0542. The average Bonchev–Trinajstić information content (AvgIpc) is 2.82. The molecule has 1 aliphatic rings. The summed E-state index contributed by atoms with van der Waals surface area (Å²) in [5.41, 5.74) is 3.22. The molecule has 2 amide bonds. The largest absolute Gasteiger partial charge is 0.497 e. The number of benzene rings is 2. The molecule has 182 valence electrons. The molecule has 8 heteroatoms. The van der Waals surface area contributed by atoms with Crippen LogP contribution in [0.4, 0.5) is 0 Å². The molecule has 0 spiro atoms. The van der Waals surface area contributed by atoms with Crippen molar-refractivity contribution in [2.75, 3.05) is 7.11 Å². The second-order valence-electron chi connectivity index (χ2n) is 9.48. The summed E-state index contributed by atoms with van der Waals surface area (Å²) in [5.74, 6) is -0.728. The summed E-state index contributed by atoms with van der Waals surface area (Å²) in [6.45, 7) is 3.89. The van der Waals surface area contributed by atoms with Crippen molar-refractivity contribution in [1.29, 1.82) is 0 Å². The zero-order valence-corrected chi connectivity index (χ0v) is 20.2. The topological polar surface area (TPSA) is 108 Å². The maximum Gasteiger partial charge on any atom is 0.475 e. The van der Waals surface area contributed by atoms with E-state index < -0.39 is 25.0 Å². The number of methoxy groups -OCH3 is 1. The summed E-state index contributed by atoms with van der Waals surface area (Å²) in [5, 5.41) is 25.2. The number of hydrogen-bond acceptors (Lipinski definition) is 5. The van der Waals surface area contributed by atoms with E-state index >= 15 is 0 Å². The summed E-state index contributed by atoms with van der Waals surface area (Å²) < 4.78 is 5.33. The quantitative estimate of drug-likeness (QED) is 0.401. The van der Waals surface area contributed by atoms with Gasteiger partial charge in [0.2, 0.25) is 11.8 Å². The van der Waals surface area contributed by atoms with Crippen LogP contribution in [0.3, 0.4) is 0 Å². The molecule has 0 bridgehead atoms. The first-order valence-corrected chi connectivity index (χ1v) is 11.9. The summed E-state index contributed by atoms with van der Waals surface area (Å²) in [6.07, 6.45) is 2.81. The highest BCUT2D eigenvalue weighted by molar-refractivity contribution is 6.43. The summed E-state index contributed by atoms with van der Waals surface area (Å²) >= 11 is 0. The van der Waals surface area contributed by atoms with Gasteiger partial charge in [-0.1, -0.05) is 50.2 Å². The van der Waals surface area contributed by atoms with Crippen LogP contribution in [0.1, 0.15) is 43.4 Å². The third-order valence-electron chi connectivity index (χ3n) is 6.34. The maximum atomic E-state index is 13.2. The van der Waals surface area contributed by atoms with Crippen LogP contribution >= 0.6 is 0 Å². The van der Waals surface area contributed by atoms with Gasteiger partial charge in [0.25, 0.3) is 0 Å². The number of hydrogen-bond donors (Lipinski definition) is 4. The molecule has 0 heterocycles. The van der Waals surface area contributed by atoms with Crippen molar-refractivity contribution >= 4 is 18.9 Å². The molecule has 2 aromatic carbocycles. The monoisotopic (exact) mass is 466 g/mol. The molecule has 3 rings (SSSR count). The van der Waals surface area contributed by atoms with Crippen LogP contribution in [-0.4, -0.2) is 48.1 Å². The van der Waals surface area contributed by atoms with Crippen molar-refractivity contribution in [2.24, 2.45) is 11.8 Å². The van der Waals surface area contributed by atoms with E-state index in [1.54, 1.807) is 7.11 Å². The average molecular weight is 466 g/mol. The van der Waals surface area contributed by atoms with E-state index in [0.717, 1.165) is 23.3 Å². The van der Waals surface area contributed by atoms with Crippen molar-refractivity contribution in [2.45, 2.75) is 57.9 Å². The Bertz CT molecular complexity index is 967. The number of rotatable bonds is 10. The van der Waals surface area contributed by atoms with E-state index in [9.17, 15) is 19.6 Å². The van der Waals surface area contributed by atoms with Gasteiger partial charge in [0.15, 0.2) is 0 Å². The van der Waals surface area contributed by atoms with Gasteiger partial charge in [0, 0.05) is 12.3 Å². The van der Waals surface area contributed by atoms with Crippen LogP contribution in [0.15, 0.2) is 48.5 Å². The smallest absolute Gasteiger partial charge is 0.475 e. The van der Waals surface area contributed by atoms with Crippen LogP contribution in [0.2, 0.25) is 0 Å². The van der Waals surface area contributed by atoms with E-state index in [1.807, 2.05) is 62.4 Å². The molecule has 7 nitrogen and oxygen atoms in total. The fourth-order valence-corrected chi connectivity index (χ4v) is 4.48. The van der Waals surface area contributed by atoms with Gasteiger partial charge in [-0.2, -0.15) is 0 Å². The van der Waals surface area contributed by atoms with Gasteiger partial charge in [0.1, 0.15) is 11.8 Å². The molecule has 0 radical (unpaired) electrons. The van der Waals surface area contributed by atoms with Crippen LogP contribution in [-0.2, 0) is 28.9 Å². The van der Waals surface area contributed by atoms with E-state index in [0.29, 0.717) is 25.7 Å². The third-order valence-corrected chi connectivity index (χ3v) is 6.34. The molecule has 34 heavy (non-hydrogen) atoms. The molecule has 0 saturated carbocycles. The minimum absolute atomic E-state index is 0.161. The second-order valence-corrected chi connectivity index (χ2v) is 9.48. The zero-order chi connectivity index (χ0) is 24.7. The molecular formula is C26H35BN2O5. The SMILES string of the molecule is COc1ccc2c(c1)CC(C(=O)N[C@@H](Cc1ccccc1)C(=O)N[C@@H](CC(C)C)B(O)O)CC2. The van der Waals surface area contributed by atoms with Gasteiger partial charge in [-0.15, -0.1) is 0 Å². The predicted molar refractivity (Wildman–Crippen MR) is 132 cm³/mol. The van der Waals surface area contributed by atoms with Crippen LogP contribution in [0.25, 0.3) is 0 Å². The van der Waals surface area contributed by atoms with Gasteiger partial charge in [-0.25, -0.2) is 0 Å². The normalized spacial score (nSPS) is 16.8. The van der Waals surface area contributed by atoms with Crippen molar-refractivity contribution in [3.05, 3.63) is 65.2 Å². The highest BCUT2D eigenvalue weighted by Gasteiger charge is 2.32. The van der Waals surface area contributed by atoms with Crippen molar-refractivity contribution in [3.8, 4) is 5.75 Å². The lowest BCUT2D eigenvalue weighted by molar-refractivity contribution is -0.131. The second kappa shape index (κ2) is 12.0. The lowest BCUT2D eigenvalue weighted by Gasteiger charge is -2.28. The van der Waals surface area contributed by atoms with Crippen LogP contribution in [0.5, 0.6) is 5.75 Å². The number of fused-ring (bicyclic) bond motifs is 1. The Kier molecular flexibility index (Phi) is 9.13. The number of aryl methyl sites for hydroxylation is 1. The standard InChI is InChI=1S/C26H35BN2O5/c1-17(2)13-24(27(32)33)29-26(31)23(14-18-7-5-4-6-8-18)28-25(30)20-10-9-19-11-12-22(34-3)16-21(19)15-20/h4-8,11-12,16-17,20,23-24,32-33H,9-10,13-15H2,1-3H3,(H,28,30)(H,29,31)/t20?,23-,24-/m0/s1. The van der Waals surface area contributed by atoms with E-state index in [2.05, 4.69) is 10.6 Å². The fraction of sp³-hybridized carbons (Fsp3) is 0.462. The minimum Gasteiger partial charge on any atom is -0.497 e. The zero-order valence-electron chi connectivity index (χ0n) is 20.2. The summed E-state index contributed by atoms with van der Waals surface area (Å²) in [4.78, 5) is 26.4. The molecule has 1 aliphatic carbocycles. The Morgan fingerprint density at radius 2 is 1.82 bits per heavy atom. The highest BCUT2D eigenvalue weighted by Crippen LogP contribution is 2.29. The number of carbonyl (C=O) groups excluding carboxylic acids is 2. The molecule has 0 fully saturated rings. The Morgan fingerprint density at radius 1 is 1.09 bits per heavy atom. The molecular weight excluding hydrogens is 431 g/mol. The van der Waals surface area contributed by atoms with Crippen molar-refractivity contribution in [3.63, 3.8) is 0 Å². The van der Waals surface area contributed by atoms with Gasteiger partial charge >= 0.3 is 7.12 Å². The Morgan fingerprint density at radius 3 is 2.47 bits per heavy atom. The molecule has 2 aromatic rings. The molecule has 3 atom stereocenters. The molecule has 1 unspecified atom stereocenters. The Balaban J connectivity index is 1.74. The van der Waals surface area contributed by atoms with Gasteiger partial charge < -0.3 is 25.4 Å². The predicted octanol–water partition coefficient (Wildman–Crippen LogP) is 2.07. The van der Waals surface area contributed by atoms with Crippen molar-refractivity contribution in [1.82, 2.24) is 10.6 Å². The Labute approximate surface area is 202 Å². The summed E-state index contributed by atoms with van der Waals surface area (Å²) in [6, 6.07) is 14.6.